The topological polar surface area (TPSA) is 12.0 Å². The zero-order valence-electron chi connectivity index (χ0n) is 9.86. The minimum Gasteiger partial charge on any atom is -0.385 e. The lowest BCUT2D eigenvalue weighted by atomic mass is 9.86. The molecule has 100 valence electrons. The van der Waals surface area contributed by atoms with Gasteiger partial charge >= 0.3 is 0 Å². The van der Waals surface area contributed by atoms with Gasteiger partial charge in [-0.3, -0.25) is 0 Å². The largest absolute Gasteiger partial charge is 0.385 e. The van der Waals surface area contributed by atoms with Crippen molar-refractivity contribution in [3.8, 4) is 0 Å². The van der Waals surface area contributed by atoms with Crippen LogP contribution in [0.15, 0.2) is 18.2 Å². The summed E-state index contributed by atoms with van der Waals surface area (Å²) in [6.45, 7) is 0.549. The van der Waals surface area contributed by atoms with Gasteiger partial charge in [-0.05, 0) is 37.0 Å². The van der Waals surface area contributed by atoms with E-state index in [4.69, 9.17) is 23.2 Å². The summed E-state index contributed by atoms with van der Waals surface area (Å²) in [7, 11) is 0. The maximum atomic E-state index is 13.2. The van der Waals surface area contributed by atoms with E-state index in [1.165, 1.54) is 0 Å². The molecule has 0 heterocycles. The van der Waals surface area contributed by atoms with Gasteiger partial charge in [0.05, 0.1) is 10.0 Å². The molecule has 18 heavy (non-hydrogen) atoms. The second-order valence-electron chi connectivity index (χ2n) is 4.83. The molecule has 0 aromatic heterocycles. The van der Waals surface area contributed by atoms with Crippen LogP contribution in [0.2, 0.25) is 10.0 Å². The fraction of sp³-hybridized carbons (Fsp3) is 0.538. The predicted octanol–water partition coefficient (Wildman–Crippen LogP) is 5.23. The molecule has 1 aliphatic rings. The maximum absolute atomic E-state index is 13.2. The van der Waals surface area contributed by atoms with Gasteiger partial charge in [-0.15, -0.1) is 0 Å². The van der Waals surface area contributed by atoms with E-state index in [2.05, 4.69) is 5.32 Å². The molecule has 1 fully saturated rings. The third-order valence-electron chi connectivity index (χ3n) is 3.26. The highest BCUT2D eigenvalue weighted by atomic mass is 35.5. The van der Waals surface area contributed by atoms with E-state index < -0.39 is 5.92 Å². The Morgan fingerprint density at radius 2 is 2.06 bits per heavy atom. The van der Waals surface area contributed by atoms with E-state index in [0.717, 1.165) is 12.1 Å². The zero-order chi connectivity index (χ0) is 13.2. The third kappa shape index (κ3) is 3.72. The molecule has 0 aliphatic heterocycles. The van der Waals surface area contributed by atoms with Crippen LogP contribution in [0.4, 0.5) is 14.5 Å². The van der Waals surface area contributed by atoms with Crippen molar-refractivity contribution >= 4 is 28.9 Å². The fourth-order valence-electron chi connectivity index (χ4n) is 2.32. The number of anilines is 1. The highest BCUT2D eigenvalue weighted by molar-refractivity contribution is 6.42. The molecule has 1 aromatic rings. The number of hydrogen-bond acceptors (Lipinski definition) is 1. The Hall–Kier alpha value is -0.540. The van der Waals surface area contributed by atoms with Crippen molar-refractivity contribution in [2.24, 2.45) is 5.92 Å². The third-order valence-corrected chi connectivity index (χ3v) is 4.00. The smallest absolute Gasteiger partial charge is 0.248 e. The van der Waals surface area contributed by atoms with Crippen LogP contribution in [0.1, 0.15) is 25.7 Å². The van der Waals surface area contributed by atoms with Crippen LogP contribution in [-0.4, -0.2) is 12.5 Å². The molecule has 1 nitrogen and oxygen atoms in total. The van der Waals surface area contributed by atoms with Crippen molar-refractivity contribution in [2.75, 3.05) is 11.9 Å². The minimum atomic E-state index is -2.50. The van der Waals surface area contributed by atoms with E-state index in [-0.39, 0.29) is 18.8 Å². The maximum Gasteiger partial charge on any atom is 0.248 e. The van der Waals surface area contributed by atoms with Crippen LogP contribution in [0.3, 0.4) is 0 Å². The number of halogens is 4. The molecule has 1 unspecified atom stereocenters. The molecule has 1 N–H and O–H groups in total. The molecule has 0 amide bonds. The summed E-state index contributed by atoms with van der Waals surface area (Å²) in [5.74, 6) is -2.48. The first-order valence-electron chi connectivity index (χ1n) is 6.03. The molecule has 0 saturated heterocycles. The summed E-state index contributed by atoms with van der Waals surface area (Å²) < 4.78 is 26.5. The lowest BCUT2D eigenvalue weighted by Crippen LogP contribution is -2.29. The molecule has 0 spiro atoms. The second-order valence-corrected chi connectivity index (χ2v) is 5.64. The van der Waals surface area contributed by atoms with Crippen molar-refractivity contribution in [1.82, 2.24) is 0 Å². The van der Waals surface area contributed by atoms with Gasteiger partial charge in [0, 0.05) is 25.1 Å². The van der Waals surface area contributed by atoms with Gasteiger partial charge in [-0.25, -0.2) is 8.78 Å². The van der Waals surface area contributed by atoms with Gasteiger partial charge in [0.1, 0.15) is 0 Å². The Bertz CT molecular complexity index is 423. The van der Waals surface area contributed by atoms with E-state index in [0.29, 0.717) is 23.0 Å². The monoisotopic (exact) mass is 293 g/mol. The first kappa shape index (κ1) is 13.9. The number of hydrogen-bond donors (Lipinski definition) is 1. The standard InChI is InChI=1S/C13H15Cl2F2N/c14-11-4-3-10(6-12(11)15)18-8-9-2-1-5-13(16,17)7-9/h3-4,6,9,18H,1-2,5,7-8H2. The first-order chi connectivity index (χ1) is 8.46. The number of benzene rings is 1. The van der Waals surface area contributed by atoms with E-state index >= 15 is 0 Å². The molecule has 1 atom stereocenters. The summed E-state index contributed by atoms with van der Waals surface area (Å²) in [6, 6.07) is 5.21. The number of alkyl halides is 2. The molecule has 1 aromatic carbocycles. The molecule has 0 bridgehead atoms. The van der Waals surface area contributed by atoms with Crippen molar-refractivity contribution in [3.63, 3.8) is 0 Å². The quantitative estimate of drug-likeness (QED) is 0.804. The highest BCUT2D eigenvalue weighted by Crippen LogP contribution is 2.36. The molecular formula is C13H15Cl2F2N. The molecule has 1 aliphatic carbocycles. The van der Waals surface area contributed by atoms with Crippen LogP contribution in [0, 0.1) is 5.92 Å². The Morgan fingerprint density at radius 3 is 2.72 bits per heavy atom. The van der Waals surface area contributed by atoms with E-state index in [1.807, 2.05) is 0 Å². The average Bonchev–Trinajstić information content (AvgIpc) is 2.29. The van der Waals surface area contributed by atoms with E-state index in [9.17, 15) is 8.78 Å². The van der Waals surface area contributed by atoms with Gasteiger partial charge in [0.25, 0.3) is 0 Å². The lowest BCUT2D eigenvalue weighted by molar-refractivity contribution is -0.0502. The SMILES string of the molecule is FC1(F)CCCC(CNc2ccc(Cl)c(Cl)c2)C1. The predicted molar refractivity (Wildman–Crippen MR) is 71.9 cm³/mol. The van der Waals surface area contributed by atoms with Crippen molar-refractivity contribution in [2.45, 2.75) is 31.6 Å². The van der Waals surface area contributed by atoms with Gasteiger partial charge in [-0.1, -0.05) is 23.2 Å². The van der Waals surface area contributed by atoms with Crippen molar-refractivity contribution in [3.05, 3.63) is 28.2 Å². The van der Waals surface area contributed by atoms with Crippen LogP contribution in [0.5, 0.6) is 0 Å². The van der Waals surface area contributed by atoms with Gasteiger partial charge in [0.15, 0.2) is 0 Å². The minimum absolute atomic E-state index is 0.0169. The highest BCUT2D eigenvalue weighted by Gasteiger charge is 2.35. The van der Waals surface area contributed by atoms with Crippen molar-refractivity contribution in [1.29, 1.82) is 0 Å². The number of nitrogens with one attached hydrogen (secondary N) is 1. The lowest BCUT2D eigenvalue weighted by Gasteiger charge is -2.29. The van der Waals surface area contributed by atoms with Crippen LogP contribution < -0.4 is 5.32 Å². The summed E-state index contributed by atoms with van der Waals surface area (Å²) in [6.07, 6.45) is 1.45. The molecule has 5 heteroatoms. The second kappa shape index (κ2) is 5.62. The first-order valence-corrected chi connectivity index (χ1v) is 6.79. The summed E-state index contributed by atoms with van der Waals surface area (Å²) in [4.78, 5) is 0. The Balaban J connectivity index is 1.89. The summed E-state index contributed by atoms with van der Waals surface area (Å²) in [5.41, 5.74) is 0.818. The molecule has 2 rings (SSSR count). The fourth-order valence-corrected chi connectivity index (χ4v) is 2.62. The van der Waals surface area contributed by atoms with Crippen molar-refractivity contribution < 1.29 is 8.78 Å². The molecule has 1 saturated carbocycles. The van der Waals surface area contributed by atoms with E-state index in [1.54, 1.807) is 18.2 Å². The zero-order valence-corrected chi connectivity index (χ0v) is 11.4. The normalized spacial score (nSPS) is 22.8. The van der Waals surface area contributed by atoms with Gasteiger partial charge in [0.2, 0.25) is 5.92 Å². The summed E-state index contributed by atoms with van der Waals surface area (Å²) in [5, 5.41) is 4.10. The van der Waals surface area contributed by atoms with Gasteiger partial charge < -0.3 is 5.32 Å². The number of rotatable bonds is 3. The Labute approximate surface area is 115 Å². The molecular weight excluding hydrogens is 279 g/mol. The van der Waals surface area contributed by atoms with Crippen LogP contribution in [-0.2, 0) is 0 Å². The average molecular weight is 294 g/mol. The van der Waals surface area contributed by atoms with Crippen LogP contribution in [0.25, 0.3) is 0 Å². The van der Waals surface area contributed by atoms with Crippen LogP contribution >= 0.6 is 23.2 Å². The Kier molecular flexibility index (Phi) is 4.33. The summed E-state index contributed by atoms with van der Waals surface area (Å²) >= 11 is 11.7. The Morgan fingerprint density at radius 1 is 1.28 bits per heavy atom. The molecule has 0 radical (unpaired) electrons. The van der Waals surface area contributed by atoms with Gasteiger partial charge in [-0.2, -0.15) is 0 Å².